The monoisotopic (exact) mass is 499 g/mol. The highest BCUT2D eigenvalue weighted by Crippen LogP contribution is 2.36. The maximum atomic E-state index is 12.2. The van der Waals surface area contributed by atoms with E-state index >= 15 is 0 Å². The molecule has 2 aromatic rings. The molecule has 0 unspecified atom stereocenters. The zero-order valence-corrected chi connectivity index (χ0v) is 16.0. The number of benzene rings is 2. The van der Waals surface area contributed by atoms with Gasteiger partial charge in [-0.2, -0.15) is 0 Å². The van der Waals surface area contributed by atoms with Gasteiger partial charge in [-0.05, 0) is 62.2 Å². The van der Waals surface area contributed by atoms with Crippen LogP contribution in [0.5, 0.6) is 0 Å². The fourth-order valence-electron chi connectivity index (χ4n) is 1.49. The summed E-state index contributed by atoms with van der Waals surface area (Å²) in [7, 11) is 0. The largest absolute Gasteiger partial charge is 0.321 e. The fourth-order valence-corrected chi connectivity index (χ4v) is 3.53. The van der Waals surface area contributed by atoms with Gasteiger partial charge < -0.3 is 5.32 Å². The van der Waals surface area contributed by atoms with Crippen molar-refractivity contribution >= 4 is 82.6 Å². The van der Waals surface area contributed by atoms with Gasteiger partial charge in [-0.3, -0.25) is 4.79 Å². The maximum Gasteiger partial charge on any atom is 0.256 e. The summed E-state index contributed by atoms with van der Waals surface area (Å²) in [4.78, 5) is 12.2. The first-order chi connectivity index (χ1) is 9.40. The van der Waals surface area contributed by atoms with E-state index in [1.54, 1.807) is 30.3 Å². The van der Waals surface area contributed by atoms with Crippen molar-refractivity contribution in [3.63, 3.8) is 0 Å². The van der Waals surface area contributed by atoms with Crippen molar-refractivity contribution in [3.8, 4) is 0 Å². The maximum absolute atomic E-state index is 12.2. The van der Waals surface area contributed by atoms with Crippen LogP contribution in [0.15, 0.2) is 43.7 Å². The van der Waals surface area contributed by atoms with Crippen LogP contribution in [0.2, 0.25) is 10.0 Å². The molecule has 0 fully saturated rings. The number of hydrogen-bond donors (Lipinski definition) is 1. The number of carbonyl (C=O) groups excluding carboxylic acids is 1. The number of rotatable bonds is 2. The Morgan fingerprint density at radius 3 is 2.30 bits per heavy atom. The fraction of sp³-hybridized carbons (Fsp3) is 0. The third-order valence-corrected chi connectivity index (χ3v) is 5.38. The molecule has 0 radical (unpaired) electrons. The molecule has 0 aliphatic carbocycles. The average Bonchev–Trinajstić information content (AvgIpc) is 2.39. The van der Waals surface area contributed by atoms with E-state index in [1.165, 1.54) is 0 Å². The van der Waals surface area contributed by atoms with Crippen LogP contribution in [0.1, 0.15) is 10.4 Å². The molecule has 0 atom stereocenters. The minimum absolute atomic E-state index is 0.273. The van der Waals surface area contributed by atoms with Gasteiger partial charge in [0.1, 0.15) is 0 Å². The van der Waals surface area contributed by atoms with E-state index in [0.717, 1.165) is 4.47 Å². The molecule has 20 heavy (non-hydrogen) atoms. The van der Waals surface area contributed by atoms with E-state index in [1.807, 2.05) is 0 Å². The Hall–Kier alpha value is -0.0700. The summed E-state index contributed by atoms with van der Waals surface area (Å²) in [6.45, 7) is 0. The van der Waals surface area contributed by atoms with Crippen molar-refractivity contribution in [2.24, 2.45) is 0 Å². The van der Waals surface area contributed by atoms with E-state index in [2.05, 4.69) is 53.1 Å². The van der Waals surface area contributed by atoms with Crippen LogP contribution in [0.3, 0.4) is 0 Å². The molecule has 0 saturated heterocycles. The van der Waals surface area contributed by atoms with E-state index in [-0.39, 0.29) is 5.91 Å². The zero-order valence-electron chi connectivity index (χ0n) is 9.68. The van der Waals surface area contributed by atoms with Gasteiger partial charge in [0, 0.05) is 13.4 Å². The molecule has 104 valence electrons. The van der Waals surface area contributed by atoms with Crippen LogP contribution in [-0.4, -0.2) is 5.91 Å². The van der Waals surface area contributed by atoms with Crippen LogP contribution in [0.4, 0.5) is 5.69 Å². The first kappa shape index (κ1) is 16.3. The molecule has 0 saturated carbocycles. The van der Waals surface area contributed by atoms with Gasteiger partial charge in [-0.1, -0.05) is 39.1 Å². The molecular weight excluding hydrogens is 497 g/mol. The second-order valence-electron chi connectivity index (χ2n) is 3.80. The summed E-state index contributed by atoms with van der Waals surface area (Å²) < 4.78 is 2.24. The van der Waals surface area contributed by atoms with Gasteiger partial charge in [-0.15, -0.1) is 0 Å². The first-order valence-corrected chi connectivity index (χ1v) is 8.43. The van der Waals surface area contributed by atoms with Crippen LogP contribution >= 0.6 is 71.0 Å². The van der Waals surface area contributed by atoms with Gasteiger partial charge in [0.05, 0.1) is 21.3 Å². The number of nitrogens with one attached hydrogen (secondary N) is 1. The normalized spacial score (nSPS) is 10.4. The highest BCUT2D eigenvalue weighted by Gasteiger charge is 2.14. The number of halogens is 5. The zero-order chi connectivity index (χ0) is 14.9. The van der Waals surface area contributed by atoms with Crippen molar-refractivity contribution in [3.05, 3.63) is 59.4 Å². The lowest BCUT2D eigenvalue weighted by Crippen LogP contribution is -2.13. The van der Waals surface area contributed by atoms with Crippen LogP contribution in [0.25, 0.3) is 0 Å². The topological polar surface area (TPSA) is 29.1 Å². The Balaban J connectivity index is 2.30. The molecule has 0 aliphatic rings. The molecule has 0 aliphatic heterocycles. The lowest BCUT2D eigenvalue weighted by molar-refractivity contribution is 0.102. The van der Waals surface area contributed by atoms with Crippen LogP contribution in [-0.2, 0) is 0 Å². The highest BCUT2D eigenvalue weighted by molar-refractivity contribution is 9.11. The quantitative estimate of drug-likeness (QED) is 0.465. The van der Waals surface area contributed by atoms with Gasteiger partial charge >= 0.3 is 0 Å². The third kappa shape index (κ3) is 3.57. The molecule has 2 aromatic carbocycles. The number of carbonyl (C=O) groups is 1. The lowest BCUT2D eigenvalue weighted by Gasteiger charge is -2.10. The molecule has 0 heterocycles. The summed E-state index contributed by atoms with van der Waals surface area (Å²) in [5.41, 5.74) is 0.961. The van der Waals surface area contributed by atoms with Crippen molar-refractivity contribution in [2.45, 2.75) is 0 Å². The molecule has 0 spiro atoms. The van der Waals surface area contributed by atoms with E-state index in [4.69, 9.17) is 23.2 Å². The predicted octanol–water partition coefficient (Wildman–Crippen LogP) is 6.53. The van der Waals surface area contributed by atoms with E-state index in [9.17, 15) is 4.79 Å². The summed E-state index contributed by atoms with van der Waals surface area (Å²) in [5, 5.41) is 3.39. The molecular formula is C13H6Br3Cl2NO. The Bertz CT molecular complexity index is 692. The van der Waals surface area contributed by atoms with E-state index in [0.29, 0.717) is 30.2 Å². The van der Waals surface area contributed by atoms with Crippen LogP contribution in [0, 0.1) is 0 Å². The number of amides is 1. The summed E-state index contributed by atoms with van der Waals surface area (Å²) >= 11 is 22.1. The SMILES string of the molecule is O=C(Nc1ccc(Br)c(Cl)c1Cl)c1ccc(Br)cc1Br. The molecule has 2 nitrogen and oxygen atoms in total. The van der Waals surface area contributed by atoms with Crippen molar-refractivity contribution in [1.29, 1.82) is 0 Å². The van der Waals surface area contributed by atoms with E-state index < -0.39 is 0 Å². The Labute approximate surface area is 151 Å². The molecule has 2 rings (SSSR count). The highest BCUT2D eigenvalue weighted by atomic mass is 79.9. The molecule has 0 aromatic heterocycles. The van der Waals surface area contributed by atoms with Gasteiger partial charge in [-0.25, -0.2) is 0 Å². The molecule has 1 N–H and O–H groups in total. The van der Waals surface area contributed by atoms with Crippen LogP contribution < -0.4 is 5.32 Å². The average molecular weight is 503 g/mol. The number of hydrogen-bond acceptors (Lipinski definition) is 1. The smallest absolute Gasteiger partial charge is 0.256 e. The Morgan fingerprint density at radius 1 is 0.950 bits per heavy atom. The molecule has 0 bridgehead atoms. The second kappa shape index (κ2) is 6.79. The van der Waals surface area contributed by atoms with Gasteiger partial charge in [0.15, 0.2) is 0 Å². The lowest BCUT2D eigenvalue weighted by atomic mass is 10.2. The van der Waals surface area contributed by atoms with Crippen molar-refractivity contribution in [2.75, 3.05) is 5.32 Å². The minimum atomic E-state index is -0.273. The Kier molecular flexibility index (Phi) is 5.54. The standard InChI is InChI=1S/C13H6Br3Cl2NO/c14-6-1-2-7(9(16)5-6)13(20)19-10-4-3-8(15)11(17)12(10)18/h1-5H,(H,19,20). The minimum Gasteiger partial charge on any atom is -0.321 e. The third-order valence-electron chi connectivity index (χ3n) is 2.46. The second-order valence-corrected chi connectivity index (χ2v) is 7.18. The number of anilines is 1. The predicted molar refractivity (Wildman–Crippen MR) is 94.0 cm³/mol. The van der Waals surface area contributed by atoms with Crippen molar-refractivity contribution < 1.29 is 4.79 Å². The summed E-state index contributed by atoms with van der Waals surface area (Å²) in [6.07, 6.45) is 0. The Morgan fingerprint density at radius 2 is 1.65 bits per heavy atom. The first-order valence-electron chi connectivity index (χ1n) is 5.30. The van der Waals surface area contributed by atoms with Gasteiger partial charge in [0.25, 0.3) is 5.91 Å². The van der Waals surface area contributed by atoms with Crippen molar-refractivity contribution in [1.82, 2.24) is 0 Å². The summed E-state index contributed by atoms with van der Waals surface area (Å²) in [5.74, 6) is -0.273. The molecule has 7 heteroatoms. The summed E-state index contributed by atoms with van der Waals surface area (Å²) in [6, 6.07) is 8.70. The molecule has 1 amide bonds. The van der Waals surface area contributed by atoms with Gasteiger partial charge in [0.2, 0.25) is 0 Å².